The highest BCUT2D eigenvalue weighted by Crippen LogP contribution is 2.32. The van der Waals surface area contributed by atoms with Crippen LogP contribution in [0.3, 0.4) is 0 Å². The molecule has 1 aliphatic carbocycles. The van der Waals surface area contributed by atoms with Crippen LogP contribution in [0.2, 0.25) is 5.15 Å². The van der Waals surface area contributed by atoms with E-state index in [1.807, 2.05) is 24.3 Å². The van der Waals surface area contributed by atoms with Gasteiger partial charge in [-0.2, -0.15) is 0 Å². The van der Waals surface area contributed by atoms with Crippen molar-refractivity contribution < 1.29 is 8.42 Å². The van der Waals surface area contributed by atoms with Gasteiger partial charge in [0.2, 0.25) is 10.0 Å². The molecule has 1 aliphatic rings. The minimum Gasteiger partial charge on any atom is -0.251 e. The average molecular weight is 360 g/mol. The average Bonchev–Trinajstić information content (AvgIpc) is 2.97. The molecule has 0 fully saturated rings. The van der Waals surface area contributed by atoms with Crippen LogP contribution in [0, 0.1) is 0 Å². The first-order valence-corrected chi connectivity index (χ1v) is 9.41. The van der Waals surface area contributed by atoms with E-state index in [9.17, 15) is 8.42 Å². The molecular formula is C17H14ClN3O2S. The van der Waals surface area contributed by atoms with E-state index in [1.165, 1.54) is 23.9 Å². The van der Waals surface area contributed by atoms with Gasteiger partial charge in [0.15, 0.2) is 0 Å². The molecule has 0 radical (unpaired) electrons. The van der Waals surface area contributed by atoms with E-state index >= 15 is 0 Å². The summed E-state index contributed by atoms with van der Waals surface area (Å²) in [5.41, 5.74) is 3.31. The molecule has 1 atom stereocenters. The first kappa shape index (κ1) is 15.5. The highest BCUT2D eigenvalue weighted by Gasteiger charge is 2.27. The van der Waals surface area contributed by atoms with E-state index < -0.39 is 10.0 Å². The monoisotopic (exact) mass is 359 g/mol. The molecule has 7 heteroatoms. The van der Waals surface area contributed by atoms with E-state index in [4.69, 9.17) is 11.6 Å². The Labute approximate surface area is 144 Å². The first-order chi connectivity index (χ1) is 11.5. The number of sulfonamides is 1. The maximum absolute atomic E-state index is 12.7. The van der Waals surface area contributed by atoms with Crippen molar-refractivity contribution >= 4 is 32.7 Å². The molecule has 3 aromatic rings. The highest BCUT2D eigenvalue weighted by atomic mass is 35.5. The van der Waals surface area contributed by atoms with E-state index in [0.29, 0.717) is 11.0 Å². The van der Waals surface area contributed by atoms with Gasteiger partial charge in [0.1, 0.15) is 5.15 Å². The molecule has 1 heterocycles. The maximum atomic E-state index is 12.7. The molecule has 1 N–H and O–H groups in total. The summed E-state index contributed by atoms with van der Waals surface area (Å²) >= 11 is 5.81. The topological polar surface area (TPSA) is 72.0 Å². The van der Waals surface area contributed by atoms with Gasteiger partial charge in [-0.25, -0.2) is 18.1 Å². The Balaban J connectivity index is 1.67. The van der Waals surface area contributed by atoms with Gasteiger partial charge in [0, 0.05) is 6.04 Å². The zero-order valence-corrected chi connectivity index (χ0v) is 14.2. The minimum atomic E-state index is -3.64. The number of nitrogens with zero attached hydrogens (tertiary/aromatic N) is 2. The number of halogens is 1. The van der Waals surface area contributed by atoms with Crippen LogP contribution in [-0.2, 0) is 16.4 Å². The quantitative estimate of drug-likeness (QED) is 0.779. The summed E-state index contributed by atoms with van der Waals surface area (Å²) in [6.45, 7) is 0. The standard InChI is InChI=1S/C17H14ClN3O2S/c18-17-10-19-16-9-12(6-8-15(16)20-17)24(22,23)21-14-7-5-11-3-1-2-4-13(11)14/h1-4,6,8-10,14,21H,5,7H2/t14-/m0/s1. The molecule has 0 saturated carbocycles. The van der Waals surface area contributed by atoms with Crippen molar-refractivity contribution in [3.8, 4) is 0 Å². The Bertz CT molecular complexity index is 1040. The predicted molar refractivity (Wildman–Crippen MR) is 92.4 cm³/mol. The van der Waals surface area contributed by atoms with Gasteiger partial charge in [0.05, 0.1) is 22.1 Å². The molecule has 0 bridgehead atoms. The Kier molecular flexibility index (Phi) is 3.75. The molecule has 1 aromatic heterocycles. The van der Waals surface area contributed by atoms with Gasteiger partial charge in [-0.15, -0.1) is 0 Å². The third kappa shape index (κ3) is 2.77. The fourth-order valence-electron chi connectivity index (χ4n) is 3.07. The van der Waals surface area contributed by atoms with E-state index in [1.54, 1.807) is 6.07 Å². The second kappa shape index (κ2) is 5.81. The van der Waals surface area contributed by atoms with Crippen molar-refractivity contribution in [1.82, 2.24) is 14.7 Å². The lowest BCUT2D eigenvalue weighted by atomic mass is 10.1. The third-order valence-corrected chi connectivity index (χ3v) is 5.88. The van der Waals surface area contributed by atoms with Crippen LogP contribution >= 0.6 is 11.6 Å². The van der Waals surface area contributed by atoms with Crippen molar-refractivity contribution in [2.24, 2.45) is 0 Å². The molecule has 2 aromatic carbocycles. The molecule has 24 heavy (non-hydrogen) atoms. The van der Waals surface area contributed by atoms with Crippen LogP contribution < -0.4 is 4.72 Å². The number of nitrogens with one attached hydrogen (secondary N) is 1. The van der Waals surface area contributed by atoms with Gasteiger partial charge in [-0.1, -0.05) is 35.9 Å². The number of aromatic nitrogens is 2. The minimum absolute atomic E-state index is 0.177. The molecule has 0 unspecified atom stereocenters. The lowest BCUT2D eigenvalue weighted by Crippen LogP contribution is -2.27. The Morgan fingerprint density at radius 2 is 1.96 bits per heavy atom. The van der Waals surface area contributed by atoms with Crippen LogP contribution in [0.15, 0.2) is 53.6 Å². The second-order valence-corrected chi connectivity index (χ2v) is 7.86. The lowest BCUT2D eigenvalue weighted by molar-refractivity contribution is 0.554. The summed E-state index contributed by atoms with van der Waals surface area (Å²) in [7, 11) is -3.64. The summed E-state index contributed by atoms with van der Waals surface area (Å²) in [6.07, 6.45) is 3.05. The van der Waals surface area contributed by atoms with Gasteiger partial charge >= 0.3 is 0 Å². The summed E-state index contributed by atoms with van der Waals surface area (Å²) in [5.74, 6) is 0. The number of aryl methyl sites for hydroxylation is 1. The van der Waals surface area contributed by atoms with Crippen LogP contribution in [0.4, 0.5) is 0 Å². The fourth-order valence-corrected chi connectivity index (χ4v) is 4.48. The van der Waals surface area contributed by atoms with Gasteiger partial charge < -0.3 is 0 Å². The molecule has 4 rings (SSSR count). The summed E-state index contributed by atoms with van der Waals surface area (Å²) in [5, 5.41) is 0.277. The summed E-state index contributed by atoms with van der Waals surface area (Å²) < 4.78 is 28.2. The number of benzene rings is 2. The van der Waals surface area contributed by atoms with E-state index in [0.717, 1.165) is 18.4 Å². The SMILES string of the molecule is O=S(=O)(N[C@H]1CCc2ccccc21)c1ccc2nc(Cl)cnc2c1. The molecule has 0 saturated heterocycles. The normalized spacial score (nSPS) is 17.1. The molecule has 122 valence electrons. The maximum Gasteiger partial charge on any atom is 0.241 e. The Hall–Kier alpha value is -2.02. The lowest BCUT2D eigenvalue weighted by Gasteiger charge is -2.14. The van der Waals surface area contributed by atoms with Crippen LogP contribution in [0.25, 0.3) is 11.0 Å². The van der Waals surface area contributed by atoms with Crippen molar-refractivity contribution in [2.45, 2.75) is 23.8 Å². The fraction of sp³-hybridized carbons (Fsp3) is 0.176. The molecule has 0 amide bonds. The predicted octanol–water partition coefficient (Wildman–Crippen LogP) is 3.25. The zero-order chi connectivity index (χ0) is 16.7. The molecule has 0 spiro atoms. The molecule has 0 aliphatic heterocycles. The molecule has 5 nitrogen and oxygen atoms in total. The van der Waals surface area contributed by atoms with E-state index in [2.05, 4.69) is 14.7 Å². The summed E-state index contributed by atoms with van der Waals surface area (Å²) in [4.78, 5) is 8.43. The number of rotatable bonds is 3. The molecular weight excluding hydrogens is 346 g/mol. The van der Waals surface area contributed by atoms with Crippen molar-refractivity contribution in [2.75, 3.05) is 0 Å². The van der Waals surface area contributed by atoms with Gasteiger partial charge in [-0.05, 0) is 42.2 Å². The summed E-state index contributed by atoms with van der Waals surface area (Å²) in [6, 6.07) is 12.4. The second-order valence-electron chi connectivity index (χ2n) is 5.75. The number of hydrogen-bond donors (Lipinski definition) is 1. The van der Waals surface area contributed by atoms with Crippen molar-refractivity contribution in [3.63, 3.8) is 0 Å². The Morgan fingerprint density at radius 1 is 1.12 bits per heavy atom. The third-order valence-electron chi connectivity index (χ3n) is 4.22. The van der Waals surface area contributed by atoms with Crippen LogP contribution in [-0.4, -0.2) is 18.4 Å². The van der Waals surface area contributed by atoms with Crippen molar-refractivity contribution in [1.29, 1.82) is 0 Å². The largest absolute Gasteiger partial charge is 0.251 e. The van der Waals surface area contributed by atoms with Crippen molar-refractivity contribution in [3.05, 3.63) is 64.9 Å². The van der Waals surface area contributed by atoms with Gasteiger partial charge in [0.25, 0.3) is 0 Å². The van der Waals surface area contributed by atoms with Crippen LogP contribution in [0.1, 0.15) is 23.6 Å². The Morgan fingerprint density at radius 3 is 2.83 bits per heavy atom. The first-order valence-electron chi connectivity index (χ1n) is 7.55. The number of hydrogen-bond acceptors (Lipinski definition) is 4. The van der Waals surface area contributed by atoms with Gasteiger partial charge in [-0.3, -0.25) is 4.98 Å². The van der Waals surface area contributed by atoms with E-state index in [-0.39, 0.29) is 16.1 Å². The highest BCUT2D eigenvalue weighted by molar-refractivity contribution is 7.89. The number of fused-ring (bicyclic) bond motifs is 2. The zero-order valence-electron chi connectivity index (χ0n) is 12.6. The smallest absolute Gasteiger partial charge is 0.241 e. The van der Waals surface area contributed by atoms with Crippen LogP contribution in [0.5, 0.6) is 0 Å².